The van der Waals surface area contributed by atoms with Crippen molar-refractivity contribution in [2.45, 2.75) is 38.7 Å². The molecule has 0 saturated carbocycles. The zero-order valence-electron chi connectivity index (χ0n) is 12.2. The topological polar surface area (TPSA) is 58.6 Å². The van der Waals surface area contributed by atoms with E-state index in [0.29, 0.717) is 6.42 Å². The van der Waals surface area contributed by atoms with Crippen LogP contribution < -0.4 is 10.1 Å². The van der Waals surface area contributed by atoms with Crippen molar-refractivity contribution in [2.24, 2.45) is 0 Å². The van der Waals surface area contributed by atoms with Gasteiger partial charge in [0.2, 0.25) is 0 Å². The Bertz CT molecular complexity index is 466. The normalized spacial score (nSPS) is 12.8. The number of carbonyl (C=O) groups excluding carboxylic acids is 1. The molecular weight excluding hydrogens is 280 g/mol. The first kappa shape index (κ1) is 17.4. The van der Waals surface area contributed by atoms with Gasteiger partial charge in [0.15, 0.2) is 0 Å². The number of aliphatic hydroxyl groups is 1. The molecular formula is C15H21F2NO3. The van der Waals surface area contributed by atoms with Crippen LogP contribution in [-0.2, 0) is 10.7 Å². The standard InChI is InChI=1S/C15H21F2NO3/c1-3-11(9-10-19)18-14(20)15(16,17)12-7-5-6-8-13(12)21-4-2/h5-8,11,19H,3-4,9-10H2,1-2H3,(H,18,20). The molecule has 0 aliphatic rings. The highest BCUT2D eigenvalue weighted by molar-refractivity contribution is 5.85. The van der Waals surface area contributed by atoms with Crippen molar-refractivity contribution in [3.05, 3.63) is 29.8 Å². The fourth-order valence-corrected chi connectivity index (χ4v) is 1.94. The molecule has 21 heavy (non-hydrogen) atoms. The molecule has 1 atom stereocenters. The van der Waals surface area contributed by atoms with Crippen LogP contribution in [0.5, 0.6) is 5.75 Å². The highest BCUT2D eigenvalue weighted by atomic mass is 19.3. The summed E-state index contributed by atoms with van der Waals surface area (Å²) in [6, 6.07) is 5.11. The minimum Gasteiger partial charge on any atom is -0.493 e. The van der Waals surface area contributed by atoms with E-state index in [1.54, 1.807) is 19.9 Å². The van der Waals surface area contributed by atoms with Crippen molar-refractivity contribution in [1.82, 2.24) is 5.32 Å². The lowest BCUT2D eigenvalue weighted by molar-refractivity contribution is -0.148. The van der Waals surface area contributed by atoms with E-state index in [2.05, 4.69) is 5.32 Å². The largest absolute Gasteiger partial charge is 0.493 e. The minimum absolute atomic E-state index is 0.00430. The second-order valence-electron chi connectivity index (χ2n) is 4.59. The van der Waals surface area contributed by atoms with Crippen LogP contribution in [0.15, 0.2) is 24.3 Å². The van der Waals surface area contributed by atoms with Gasteiger partial charge in [-0.15, -0.1) is 0 Å². The van der Waals surface area contributed by atoms with Gasteiger partial charge in [-0.1, -0.05) is 19.1 Å². The van der Waals surface area contributed by atoms with Gasteiger partial charge < -0.3 is 15.2 Å². The molecule has 6 heteroatoms. The summed E-state index contributed by atoms with van der Waals surface area (Å²) in [6.45, 7) is 3.51. The summed E-state index contributed by atoms with van der Waals surface area (Å²) in [7, 11) is 0. The average molecular weight is 301 g/mol. The summed E-state index contributed by atoms with van der Waals surface area (Å²) in [4.78, 5) is 11.9. The summed E-state index contributed by atoms with van der Waals surface area (Å²) in [5, 5.41) is 11.1. The van der Waals surface area contributed by atoms with E-state index >= 15 is 0 Å². The molecule has 0 saturated heterocycles. The quantitative estimate of drug-likeness (QED) is 0.775. The number of para-hydroxylation sites is 1. The molecule has 0 aliphatic heterocycles. The third-order valence-electron chi connectivity index (χ3n) is 3.12. The Labute approximate surface area is 123 Å². The molecule has 1 rings (SSSR count). The van der Waals surface area contributed by atoms with Gasteiger partial charge in [0.05, 0.1) is 12.2 Å². The first-order chi connectivity index (χ1) is 9.97. The Hall–Kier alpha value is -1.69. The van der Waals surface area contributed by atoms with Crippen LogP contribution in [0, 0.1) is 0 Å². The molecule has 0 fully saturated rings. The van der Waals surface area contributed by atoms with E-state index in [9.17, 15) is 13.6 Å². The van der Waals surface area contributed by atoms with E-state index in [0.717, 1.165) is 0 Å². The number of ether oxygens (including phenoxy) is 1. The second-order valence-corrected chi connectivity index (χ2v) is 4.59. The Morgan fingerprint density at radius 1 is 1.38 bits per heavy atom. The average Bonchev–Trinajstić information content (AvgIpc) is 2.47. The molecule has 0 bridgehead atoms. The number of hydrogen-bond donors (Lipinski definition) is 2. The van der Waals surface area contributed by atoms with Crippen molar-refractivity contribution < 1.29 is 23.4 Å². The van der Waals surface area contributed by atoms with E-state index < -0.39 is 23.4 Å². The van der Waals surface area contributed by atoms with Gasteiger partial charge in [-0.25, -0.2) is 0 Å². The van der Waals surface area contributed by atoms with Crippen molar-refractivity contribution in [3.8, 4) is 5.75 Å². The van der Waals surface area contributed by atoms with Gasteiger partial charge in [-0.3, -0.25) is 4.79 Å². The number of carbonyl (C=O) groups is 1. The fourth-order valence-electron chi connectivity index (χ4n) is 1.94. The SMILES string of the molecule is CCOc1ccccc1C(F)(F)C(=O)NC(CC)CCO. The molecule has 0 aromatic heterocycles. The number of halogens is 2. The van der Waals surface area contributed by atoms with E-state index in [1.165, 1.54) is 18.2 Å². The maximum atomic E-state index is 14.3. The second kappa shape index (κ2) is 7.93. The van der Waals surface area contributed by atoms with Gasteiger partial charge in [-0.2, -0.15) is 8.78 Å². The van der Waals surface area contributed by atoms with Crippen LogP contribution in [0.3, 0.4) is 0 Å². The monoisotopic (exact) mass is 301 g/mol. The zero-order valence-corrected chi connectivity index (χ0v) is 12.2. The smallest absolute Gasteiger partial charge is 0.353 e. The molecule has 0 aliphatic carbocycles. The predicted molar refractivity (Wildman–Crippen MR) is 75.4 cm³/mol. The molecule has 2 N–H and O–H groups in total. The lowest BCUT2D eigenvalue weighted by atomic mass is 10.1. The lowest BCUT2D eigenvalue weighted by Gasteiger charge is -2.22. The summed E-state index contributed by atoms with van der Waals surface area (Å²) in [6.07, 6.45) is 0.709. The number of aliphatic hydroxyl groups excluding tert-OH is 1. The zero-order chi connectivity index (χ0) is 15.9. The molecule has 4 nitrogen and oxygen atoms in total. The van der Waals surface area contributed by atoms with E-state index in [1.807, 2.05) is 0 Å². The molecule has 118 valence electrons. The Morgan fingerprint density at radius 2 is 2.05 bits per heavy atom. The molecule has 1 unspecified atom stereocenters. The number of nitrogens with one attached hydrogen (secondary N) is 1. The van der Waals surface area contributed by atoms with Gasteiger partial charge in [-0.05, 0) is 31.9 Å². The van der Waals surface area contributed by atoms with Crippen LogP contribution in [-0.4, -0.2) is 30.3 Å². The number of hydrogen-bond acceptors (Lipinski definition) is 3. The van der Waals surface area contributed by atoms with Crippen LogP contribution >= 0.6 is 0 Å². The van der Waals surface area contributed by atoms with Crippen molar-refractivity contribution in [3.63, 3.8) is 0 Å². The van der Waals surface area contributed by atoms with E-state index in [4.69, 9.17) is 9.84 Å². The maximum absolute atomic E-state index is 14.3. The molecule has 0 spiro atoms. The Morgan fingerprint density at radius 3 is 2.62 bits per heavy atom. The van der Waals surface area contributed by atoms with Crippen molar-refractivity contribution in [2.75, 3.05) is 13.2 Å². The summed E-state index contributed by atoms with van der Waals surface area (Å²) in [5.74, 6) is -5.07. The molecule has 1 aromatic rings. The first-order valence-corrected chi connectivity index (χ1v) is 6.99. The van der Waals surface area contributed by atoms with Crippen LogP contribution in [0.25, 0.3) is 0 Å². The lowest BCUT2D eigenvalue weighted by Crippen LogP contribution is -2.44. The van der Waals surface area contributed by atoms with Gasteiger partial charge >= 0.3 is 5.92 Å². The van der Waals surface area contributed by atoms with Gasteiger partial charge in [0.25, 0.3) is 5.91 Å². The highest BCUT2D eigenvalue weighted by Gasteiger charge is 2.43. The highest BCUT2D eigenvalue weighted by Crippen LogP contribution is 2.35. The van der Waals surface area contributed by atoms with Crippen LogP contribution in [0.2, 0.25) is 0 Å². The minimum atomic E-state index is -3.69. The number of benzene rings is 1. The van der Waals surface area contributed by atoms with Gasteiger partial charge in [0.1, 0.15) is 5.75 Å². The van der Waals surface area contributed by atoms with Crippen molar-refractivity contribution >= 4 is 5.91 Å². The number of amides is 1. The predicted octanol–water partition coefficient (Wildman–Crippen LogP) is 2.45. The maximum Gasteiger partial charge on any atom is 0.353 e. The van der Waals surface area contributed by atoms with Crippen molar-refractivity contribution in [1.29, 1.82) is 0 Å². The third-order valence-corrected chi connectivity index (χ3v) is 3.12. The summed E-state index contributed by atoms with van der Waals surface area (Å²) in [5.41, 5.74) is -0.455. The third kappa shape index (κ3) is 4.39. The Kier molecular flexibility index (Phi) is 6.55. The fraction of sp³-hybridized carbons (Fsp3) is 0.533. The Balaban J connectivity index is 2.96. The molecule has 1 amide bonds. The summed E-state index contributed by atoms with van der Waals surface area (Å²) >= 11 is 0. The number of rotatable bonds is 8. The summed E-state index contributed by atoms with van der Waals surface area (Å²) < 4.78 is 33.8. The molecule has 1 aromatic carbocycles. The van der Waals surface area contributed by atoms with E-state index in [-0.39, 0.29) is 25.4 Å². The molecule has 0 heterocycles. The van der Waals surface area contributed by atoms with Crippen LogP contribution in [0.1, 0.15) is 32.3 Å². The first-order valence-electron chi connectivity index (χ1n) is 6.99. The van der Waals surface area contributed by atoms with Gasteiger partial charge in [0, 0.05) is 12.6 Å². The number of alkyl halides is 2. The molecule has 0 radical (unpaired) electrons. The van der Waals surface area contributed by atoms with Crippen LogP contribution in [0.4, 0.5) is 8.78 Å².